The molecule has 0 amide bonds. The minimum atomic E-state index is -4.50. The summed E-state index contributed by atoms with van der Waals surface area (Å²) >= 11 is -2.31. The van der Waals surface area contributed by atoms with Gasteiger partial charge in [0.2, 0.25) is 0 Å². The van der Waals surface area contributed by atoms with Gasteiger partial charge in [-0.15, -0.1) is 0 Å². The van der Waals surface area contributed by atoms with E-state index in [4.69, 9.17) is 0 Å². The molecule has 0 fully saturated rings. The molecule has 1 N–H and O–H groups in total. The van der Waals surface area contributed by atoms with Gasteiger partial charge in [-0.25, -0.2) is 8.42 Å². The third kappa shape index (κ3) is 6.02. The molecule has 6 nitrogen and oxygen atoms in total. The van der Waals surface area contributed by atoms with Gasteiger partial charge in [-0.1, -0.05) is 24.3 Å². The van der Waals surface area contributed by atoms with Crippen molar-refractivity contribution in [3.8, 4) is 11.1 Å². The summed E-state index contributed by atoms with van der Waals surface area (Å²) in [6, 6.07) is 11.5. The molecule has 22 heavy (non-hydrogen) atoms. The minimum Gasteiger partial charge on any atom is -0.870 e. The normalized spacial score (nSPS) is 11.4. The van der Waals surface area contributed by atoms with Crippen LogP contribution in [0.15, 0.2) is 58.3 Å². The van der Waals surface area contributed by atoms with Crippen LogP contribution in [0.25, 0.3) is 11.1 Å². The van der Waals surface area contributed by atoms with Crippen LogP contribution in [0.3, 0.4) is 0 Å². The summed E-state index contributed by atoms with van der Waals surface area (Å²) in [6.45, 7) is 0. The van der Waals surface area contributed by atoms with Gasteiger partial charge in [-0.2, -0.15) is 0 Å². The van der Waals surface area contributed by atoms with Crippen LogP contribution in [0.5, 0.6) is 0 Å². The molecule has 108 valence electrons. The largest absolute Gasteiger partial charge is 1.00 e. The van der Waals surface area contributed by atoms with Crippen LogP contribution in [0, 0.1) is 0 Å². The molecular weight excluding hydrogens is 318 g/mol. The van der Waals surface area contributed by atoms with E-state index in [9.17, 15) is 21.7 Å². The molecule has 0 radical (unpaired) electrons. The summed E-state index contributed by atoms with van der Waals surface area (Å²) < 4.78 is 54.2. The Kier molecular flexibility index (Phi) is 10.5. The molecule has 0 aliphatic carbocycles. The fourth-order valence-corrected chi connectivity index (χ4v) is 2.46. The van der Waals surface area contributed by atoms with Crippen LogP contribution in [-0.4, -0.2) is 27.2 Å². The molecule has 0 aliphatic heterocycles. The van der Waals surface area contributed by atoms with E-state index in [0.29, 0.717) is 11.1 Å². The zero-order valence-corrected chi connectivity index (χ0v) is 13.6. The maximum Gasteiger partial charge on any atom is 1.00 e. The van der Waals surface area contributed by atoms with Crippen molar-refractivity contribution < 1.29 is 64.9 Å². The third-order valence-corrected chi connectivity index (χ3v) is 3.99. The van der Waals surface area contributed by atoms with Gasteiger partial charge < -0.3 is 14.6 Å². The van der Waals surface area contributed by atoms with Gasteiger partial charge in [0.05, 0.1) is 4.90 Å². The molecule has 1 unspecified atom stereocenters. The Hall–Kier alpha value is -0.385. The summed E-state index contributed by atoms with van der Waals surface area (Å²) in [4.78, 5) is -0.183. The first-order valence-corrected chi connectivity index (χ1v) is 7.62. The molecule has 0 heterocycles. The first-order chi connectivity index (χ1) is 8.88. The van der Waals surface area contributed by atoms with Crippen molar-refractivity contribution in [1.29, 1.82) is 0 Å². The fourth-order valence-electron chi connectivity index (χ4n) is 1.59. The Balaban J connectivity index is 0. The zero-order chi connectivity index (χ0) is 14.0. The van der Waals surface area contributed by atoms with Gasteiger partial charge in [0.15, 0.2) is 0 Å². The molecule has 0 saturated heterocycles. The zero-order valence-electron chi connectivity index (χ0n) is 11.9. The van der Waals surface area contributed by atoms with Gasteiger partial charge in [-0.3, -0.25) is 4.21 Å². The number of hydrogen-bond donors (Lipinski definition) is 0. The minimum absolute atomic E-state index is 0. The number of benzene rings is 2. The molecule has 0 aliphatic rings. The van der Waals surface area contributed by atoms with Crippen molar-refractivity contribution in [3.63, 3.8) is 0 Å². The standard InChI is InChI=1S/C12H10O5S2.2Li.H2O/c13-18(14)11-6-4-9(5-7-11)10-2-1-3-12(8-10)19(15,16)17;;;/h1-8H,(H,13,14)(H,15,16,17);;;1H2/q;2*+1;/p-3. The molecule has 2 aromatic rings. The maximum atomic E-state index is 10.9. The number of rotatable bonds is 3. The fraction of sp³-hybridized carbons (Fsp3) is 0. The van der Waals surface area contributed by atoms with E-state index in [0.717, 1.165) is 0 Å². The van der Waals surface area contributed by atoms with Gasteiger partial charge in [0.1, 0.15) is 10.1 Å². The molecule has 0 aromatic heterocycles. The summed E-state index contributed by atoms with van der Waals surface area (Å²) in [5.74, 6) is 0. The number of hydrogen-bond acceptors (Lipinski definition) is 6. The summed E-state index contributed by atoms with van der Waals surface area (Å²) in [7, 11) is -4.50. The Morgan fingerprint density at radius 2 is 1.45 bits per heavy atom. The van der Waals surface area contributed by atoms with Crippen LogP contribution in [-0.2, 0) is 21.2 Å². The first-order valence-electron chi connectivity index (χ1n) is 5.13. The van der Waals surface area contributed by atoms with Gasteiger partial charge >= 0.3 is 37.7 Å². The Morgan fingerprint density at radius 1 is 0.909 bits per heavy atom. The maximum absolute atomic E-state index is 10.9. The monoisotopic (exact) mass is 327 g/mol. The first kappa shape index (κ1) is 23.9. The van der Waals surface area contributed by atoms with Crippen LogP contribution in [0.1, 0.15) is 0 Å². The van der Waals surface area contributed by atoms with Crippen LogP contribution >= 0.6 is 0 Å². The average Bonchev–Trinajstić information content (AvgIpc) is 2.38. The van der Waals surface area contributed by atoms with Crippen molar-refractivity contribution in [2.24, 2.45) is 0 Å². The Labute approximate surface area is 155 Å². The van der Waals surface area contributed by atoms with Crippen LogP contribution in [0.4, 0.5) is 0 Å². The Bertz CT molecular complexity index is 732. The van der Waals surface area contributed by atoms with E-state index in [-0.39, 0.29) is 53.0 Å². The summed E-state index contributed by atoms with van der Waals surface area (Å²) in [5, 5.41) is 0. The van der Waals surface area contributed by atoms with Crippen molar-refractivity contribution in [2.45, 2.75) is 9.79 Å². The second kappa shape index (κ2) is 9.69. The quantitative estimate of drug-likeness (QED) is 0.317. The molecular formula is C12H9Li2O6S2-. The second-order valence-corrected chi connectivity index (χ2v) is 6.06. The van der Waals surface area contributed by atoms with Crippen molar-refractivity contribution in [2.75, 3.05) is 0 Å². The molecule has 1 atom stereocenters. The van der Waals surface area contributed by atoms with E-state index in [1.807, 2.05) is 0 Å². The van der Waals surface area contributed by atoms with Gasteiger partial charge in [0.25, 0.3) is 0 Å². The second-order valence-electron chi connectivity index (χ2n) is 3.74. The van der Waals surface area contributed by atoms with Gasteiger partial charge in [0, 0.05) is 4.90 Å². The van der Waals surface area contributed by atoms with Crippen LogP contribution < -0.4 is 37.7 Å². The molecule has 0 saturated carbocycles. The molecule has 2 aromatic carbocycles. The summed E-state index contributed by atoms with van der Waals surface area (Å²) in [6.07, 6.45) is 0. The van der Waals surface area contributed by atoms with E-state index in [1.165, 1.54) is 30.3 Å². The SMILES string of the molecule is O=S([O-])c1ccc(-c2cccc(S(=O)(=O)[O-])c2)cc1.[Li+].[Li+].[OH-]. The topological polar surface area (TPSA) is 127 Å². The van der Waals surface area contributed by atoms with Crippen molar-refractivity contribution in [3.05, 3.63) is 48.5 Å². The average molecular weight is 327 g/mol. The third-order valence-electron chi connectivity index (χ3n) is 2.50. The van der Waals surface area contributed by atoms with Crippen molar-refractivity contribution >= 4 is 21.2 Å². The molecule has 2 rings (SSSR count). The molecule has 0 bridgehead atoms. The van der Waals surface area contributed by atoms with Crippen LogP contribution in [0.2, 0.25) is 0 Å². The predicted octanol–water partition coefficient (Wildman–Crippen LogP) is -4.67. The van der Waals surface area contributed by atoms with E-state index in [2.05, 4.69) is 0 Å². The van der Waals surface area contributed by atoms with Gasteiger partial charge in [-0.05, 0) is 46.5 Å². The Morgan fingerprint density at radius 3 is 1.91 bits per heavy atom. The van der Waals surface area contributed by atoms with Crippen molar-refractivity contribution in [1.82, 2.24) is 0 Å². The molecule has 0 spiro atoms. The van der Waals surface area contributed by atoms with E-state index >= 15 is 0 Å². The summed E-state index contributed by atoms with van der Waals surface area (Å²) in [5.41, 5.74) is 1.15. The van der Waals surface area contributed by atoms with E-state index in [1.54, 1.807) is 18.2 Å². The smallest absolute Gasteiger partial charge is 0.870 e. The van der Waals surface area contributed by atoms with E-state index < -0.39 is 21.2 Å². The molecule has 10 heteroatoms. The predicted molar refractivity (Wildman–Crippen MR) is 69.0 cm³/mol.